The van der Waals surface area contributed by atoms with E-state index in [9.17, 15) is 5.11 Å². The molecule has 0 aliphatic rings. The van der Waals surface area contributed by atoms with Crippen molar-refractivity contribution in [2.75, 3.05) is 14.2 Å². The van der Waals surface area contributed by atoms with Crippen molar-refractivity contribution in [3.8, 4) is 23.1 Å². The van der Waals surface area contributed by atoms with E-state index in [1.165, 1.54) is 20.3 Å². The predicted molar refractivity (Wildman–Crippen MR) is 60.6 cm³/mol. The largest absolute Gasteiger partial charge is 0.538 e. The Morgan fingerprint density at radius 2 is 1.89 bits per heavy atom. The summed E-state index contributed by atoms with van der Waals surface area (Å²) in [5, 5.41) is 14.8. The average Bonchev–Trinajstić information content (AvgIpc) is 2.70. The Labute approximate surface area is 112 Å². The van der Waals surface area contributed by atoms with Crippen LogP contribution in [0.2, 0.25) is 10.2 Å². The van der Waals surface area contributed by atoms with Crippen molar-refractivity contribution in [2.45, 2.75) is 0 Å². The van der Waals surface area contributed by atoms with Gasteiger partial charge in [0, 0.05) is 12.1 Å². The first-order valence-corrected chi connectivity index (χ1v) is 5.50. The van der Waals surface area contributed by atoms with Crippen molar-refractivity contribution in [2.24, 2.45) is 0 Å². The minimum absolute atomic E-state index is 0.200. The smallest absolute Gasteiger partial charge is 0.332 e. The van der Waals surface area contributed by atoms with Crippen molar-refractivity contribution in [3.05, 3.63) is 22.3 Å². The first-order chi connectivity index (χ1) is 8.58. The van der Waals surface area contributed by atoms with Crippen LogP contribution in [0.15, 0.2) is 16.7 Å². The van der Waals surface area contributed by atoms with Crippen LogP contribution in [0.25, 0.3) is 5.69 Å². The van der Waals surface area contributed by atoms with Gasteiger partial charge < -0.3 is 19.1 Å². The molecular formula is C10H8Cl2N2O4. The zero-order valence-electron chi connectivity index (χ0n) is 9.44. The van der Waals surface area contributed by atoms with Gasteiger partial charge in [-0.05, 0) is 16.3 Å². The molecule has 0 aliphatic carbocycles. The minimum atomic E-state index is -0.745. The van der Waals surface area contributed by atoms with E-state index >= 15 is 0 Å². The highest BCUT2D eigenvalue weighted by Gasteiger charge is 2.25. The Morgan fingerprint density at radius 3 is 2.39 bits per heavy atom. The van der Waals surface area contributed by atoms with Crippen molar-refractivity contribution in [3.63, 3.8) is 0 Å². The van der Waals surface area contributed by atoms with Gasteiger partial charge in [-0.15, -0.1) is 0 Å². The molecule has 0 spiro atoms. The van der Waals surface area contributed by atoms with Crippen LogP contribution in [0.5, 0.6) is 17.4 Å². The van der Waals surface area contributed by atoms with Crippen molar-refractivity contribution < 1.29 is 23.8 Å². The fraction of sp³-hybridized carbons (Fsp3) is 0.200. The molecule has 0 aliphatic heterocycles. The Kier molecular flexibility index (Phi) is 3.49. The second kappa shape index (κ2) is 4.91. The average molecular weight is 291 g/mol. The molecule has 0 saturated heterocycles. The van der Waals surface area contributed by atoms with Crippen LogP contribution in [0.4, 0.5) is 0 Å². The van der Waals surface area contributed by atoms with Crippen LogP contribution in [0.3, 0.4) is 0 Å². The van der Waals surface area contributed by atoms with Gasteiger partial charge in [0.15, 0.2) is 11.7 Å². The third-order valence-electron chi connectivity index (χ3n) is 2.24. The third-order valence-corrected chi connectivity index (χ3v) is 2.85. The van der Waals surface area contributed by atoms with Gasteiger partial charge >= 0.3 is 5.15 Å². The number of hydrogen-bond acceptors (Lipinski definition) is 5. The zero-order chi connectivity index (χ0) is 13.3. The highest BCUT2D eigenvalue weighted by atomic mass is 35.5. The molecule has 0 unspecified atom stereocenters. The Hall–Kier alpha value is -1.66. The highest BCUT2D eigenvalue weighted by molar-refractivity contribution is 6.32. The molecular weight excluding hydrogens is 283 g/mol. The van der Waals surface area contributed by atoms with Gasteiger partial charge in [-0.1, -0.05) is 11.6 Å². The monoisotopic (exact) mass is 290 g/mol. The van der Waals surface area contributed by atoms with Gasteiger partial charge in [-0.3, -0.25) is 0 Å². The summed E-state index contributed by atoms with van der Waals surface area (Å²) in [6.45, 7) is 0. The van der Waals surface area contributed by atoms with E-state index in [-0.39, 0.29) is 5.15 Å². The molecule has 0 bridgehead atoms. The van der Waals surface area contributed by atoms with Crippen LogP contribution in [0, 0.1) is 0 Å². The first kappa shape index (κ1) is 12.8. The highest BCUT2D eigenvalue weighted by Crippen LogP contribution is 2.33. The van der Waals surface area contributed by atoms with E-state index in [2.05, 4.69) is 9.79 Å². The Bertz CT molecular complexity index is 585. The number of nitrogens with zero attached hydrogens (tertiary/aromatic N) is 2. The summed E-state index contributed by atoms with van der Waals surface area (Å²) in [7, 11) is 2.94. The lowest BCUT2D eigenvalue weighted by molar-refractivity contribution is -0.668. The molecule has 1 aromatic carbocycles. The summed E-state index contributed by atoms with van der Waals surface area (Å²) in [4.78, 5) is 0. The van der Waals surface area contributed by atoms with E-state index in [0.29, 0.717) is 22.2 Å². The van der Waals surface area contributed by atoms with Crippen LogP contribution >= 0.6 is 23.2 Å². The minimum Gasteiger partial charge on any atom is -0.538 e. The van der Waals surface area contributed by atoms with Gasteiger partial charge in [0.1, 0.15) is 5.75 Å². The standard InChI is InChI=1S/C10H8Cl2N2O4/c1-16-7-4-8(17-2)6(3-5(7)11)14-9(12)10(15)18-13-14/h3-4H,1-2H3. The van der Waals surface area contributed by atoms with E-state index < -0.39 is 5.95 Å². The summed E-state index contributed by atoms with van der Waals surface area (Å²) in [5.74, 6) is 0.0712. The van der Waals surface area contributed by atoms with Gasteiger partial charge in [0.05, 0.1) is 24.5 Å². The van der Waals surface area contributed by atoms with Gasteiger partial charge in [0.25, 0.3) is 5.69 Å². The van der Waals surface area contributed by atoms with Gasteiger partial charge in [-0.25, -0.2) is 0 Å². The summed E-state index contributed by atoms with van der Waals surface area (Å²) in [6, 6.07) is 3.06. The Balaban J connectivity index is 2.63. The number of hydrogen-bond donors (Lipinski definition) is 0. The molecule has 2 rings (SSSR count). The van der Waals surface area contributed by atoms with E-state index in [1.54, 1.807) is 6.07 Å². The lowest BCUT2D eigenvalue weighted by atomic mass is 10.2. The number of ether oxygens (including phenoxy) is 2. The van der Waals surface area contributed by atoms with Crippen molar-refractivity contribution in [1.82, 2.24) is 5.27 Å². The second-order valence-corrected chi connectivity index (χ2v) is 3.99. The molecule has 8 heteroatoms. The fourth-order valence-electron chi connectivity index (χ4n) is 1.40. The molecule has 0 N–H and O–H groups in total. The van der Waals surface area contributed by atoms with Gasteiger partial charge in [0.2, 0.25) is 0 Å². The van der Waals surface area contributed by atoms with Crippen molar-refractivity contribution >= 4 is 23.2 Å². The maximum absolute atomic E-state index is 11.1. The van der Waals surface area contributed by atoms with Gasteiger partial charge in [-0.2, -0.15) is 0 Å². The van der Waals surface area contributed by atoms with Crippen LogP contribution < -0.4 is 19.3 Å². The van der Waals surface area contributed by atoms with Crippen molar-refractivity contribution in [1.29, 1.82) is 0 Å². The van der Waals surface area contributed by atoms with Crippen LogP contribution in [0.1, 0.15) is 0 Å². The lowest BCUT2D eigenvalue weighted by Crippen LogP contribution is -2.34. The Morgan fingerprint density at radius 1 is 1.22 bits per heavy atom. The molecule has 18 heavy (non-hydrogen) atoms. The molecule has 6 nitrogen and oxygen atoms in total. The maximum Gasteiger partial charge on any atom is 0.332 e. The van der Waals surface area contributed by atoms with Crippen LogP contribution in [-0.2, 0) is 0 Å². The van der Waals surface area contributed by atoms with E-state index in [4.69, 9.17) is 32.7 Å². The number of methoxy groups -OCH3 is 2. The fourth-order valence-corrected chi connectivity index (χ4v) is 1.79. The molecule has 1 aromatic heterocycles. The molecule has 0 fully saturated rings. The molecule has 1 heterocycles. The number of halogens is 2. The third kappa shape index (κ3) is 2.04. The van der Waals surface area contributed by atoms with Crippen LogP contribution in [-0.4, -0.2) is 19.5 Å². The topological polar surface area (TPSA) is 71.4 Å². The molecule has 96 valence electrons. The molecule has 0 amide bonds. The normalized spacial score (nSPS) is 10.4. The number of rotatable bonds is 3. The predicted octanol–water partition coefficient (Wildman–Crippen LogP) is 1.35. The first-order valence-electron chi connectivity index (χ1n) is 4.75. The maximum atomic E-state index is 11.1. The summed E-state index contributed by atoms with van der Waals surface area (Å²) in [5.41, 5.74) is 0.374. The number of aromatic nitrogens is 2. The molecule has 2 aromatic rings. The summed E-state index contributed by atoms with van der Waals surface area (Å²) >= 11 is 11.8. The second-order valence-electron chi connectivity index (χ2n) is 3.22. The summed E-state index contributed by atoms with van der Waals surface area (Å²) < 4.78 is 15.7. The quantitative estimate of drug-likeness (QED) is 0.798. The van der Waals surface area contributed by atoms with E-state index in [1.807, 2.05) is 0 Å². The lowest BCUT2D eigenvalue weighted by Gasteiger charge is -2.06. The SMILES string of the molecule is COc1cc(OC)c(-[n+]2noc([O-])c2Cl)cc1Cl. The summed E-state index contributed by atoms with van der Waals surface area (Å²) in [6.07, 6.45) is 0. The molecule has 0 atom stereocenters. The number of benzene rings is 1. The van der Waals surface area contributed by atoms with E-state index in [0.717, 1.165) is 4.68 Å². The molecule has 0 saturated carbocycles. The zero-order valence-corrected chi connectivity index (χ0v) is 10.9. The molecule has 0 radical (unpaired) electrons.